The highest BCUT2D eigenvalue weighted by molar-refractivity contribution is 6.01. The molecule has 0 aliphatic carbocycles. The van der Waals surface area contributed by atoms with Gasteiger partial charge in [0.05, 0.1) is 12.7 Å². The fraction of sp³-hybridized carbons (Fsp3) is 0.286. The van der Waals surface area contributed by atoms with Crippen LogP contribution in [-0.2, 0) is 30.2 Å². The molecule has 0 saturated heterocycles. The molecule has 0 bridgehead atoms. The number of aryl methyl sites for hydroxylation is 3. The Balaban J connectivity index is 1.43. The Kier molecular flexibility index (Phi) is 5.05. The lowest BCUT2D eigenvalue weighted by Crippen LogP contribution is -2.37. The zero-order valence-corrected chi connectivity index (χ0v) is 17.2. The van der Waals surface area contributed by atoms with E-state index in [4.69, 9.17) is 9.15 Å². The molecule has 3 heterocycles. The first-order valence-corrected chi connectivity index (χ1v) is 9.57. The van der Waals surface area contributed by atoms with Crippen molar-refractivity contribution in [1.82, 2.24) is 18.7 Å². The first kappa shape index (κ1) is 20.3. The number of nitrogens with zero attached hydrogens (tertiary/aromatic N) is 4. The van der Waals surface area contributed by atoms with Gasteiger partial charge in [0.2, 0.25) is 5.78 Å². The molecule has 4 aromatic rings. The number of ether oxygens (including phenoxy) is 1. The van der Waals surface area contributed by atoms with E-state index in [2.05, 4.69) is 4.98 Å². The zero-order chi connectivity index (χ0) is 22.3. The van der Waals surface area contributed by atoms with Crippen LogP contribution < -0.4 is 11.2 Å². The average molecular weight is 424 g/mol. The van der Waals surface area contributed by atoms with E-state index in [0.29, 0.717) is 11.1 Å². The predicted molar refractivity (Wildman–Crippen MR) is 111 cm³/mol. The fourth-order valence-corrected chi connectivity index (χ4v) is 3.50. The Morgan fingerprint density at radius 2 is 1.87 bits per heavy atom. The highest BCUT2D eigenvalue weighted by atomic mass is 16.5. The highest BCUT2D eigenvalue weighted by Gasteiger charge is 2.19. The number of fused-ring (bicyclic) bond motifs is 2. The molecule has 0 aliphatic heterocycles. The van der Waals surface area contributed by atoms with Crippen LogP contribution in [0.5, 0.6) is 0 Å². The van der Waals surface area contributed by atoms with Crippen molar-refractivity contribution in [3.63, 3.8) is 0 Å². The quantitative estimate of drug-likeness (QED) is 0.338. The van der Waals surface area contributed by atoms with Crippen molar-refractivity contribution >= 4 is 33.9 Å². The number of Topliss-reactive ketones (excluding diaryl/α,β-unsaturated/α-hetero) is 1. The van der Waals surface area contributed by atoms with Crippen LogP contribution in [0.3, 0.4) is 0 Å². The minimum Gasteiger partial charge on any atom is -0.457 e. The van der Waals surface area contributed by atoms with E-state index in [0.717, 1.165) is 9.95 Å². The number of para-hydroxylation sites is 1. The van der Waals surface area contributed by atoms with Crippen molar-refractivity contribution in [1.29, 1.82) is 0 Å². The normalized spacial score (nSPS) is 11.3. The molecule has 0 N–H and O–H groups in total. The Hall–Kier alpha value is -3.95. The van der Waals surface area contributed by atoms with Gasteiger partial charge in [-0.25, -0.2) is 9.78 Å². The summed E-state index contributed by atoms with van der Waals surface area (Å²) in [6.45, 7) is 1.44. The zero-order valence-electron chi connectivity index (χ0n) is 17.2. The lowest BCUT2D eigenvalue weighted by atomic mass is 10.1. The molecule has 0 spiro atoms. The number of carbonyl (C=O) groups is 2. The number of ketones is 1. The minimum absolute atomic E-state index is 0.0795. The van der Waals surface area contributed by atoms with Crippen LogP contribution in [0, 0.1) is 6.92 Å². The van der Waals surface area contributed by atoms with Crippen LogP contribution in [0.25, 0.3) is 22.1 Å². The van der Waals surface area contributed by atoms with E-state index in [1.165, 1.54) is 29.6 Å². The van der Waals surface area contributed by atoms with Crippen molar-refractivity contribution < 1.29 is 18.7 Å². The van der Waals surface area contributed by atoms with E-state index >= 15 is 0 Å². The standard InChI is InChI=1S/C21H20N4O6/c1-12-13-6-4-5-7-15(13)31-18(12)14(26)10-30-16(27)8-9-25-11-22-19-17(25)20(28)24(3)21(29)23(19)2/h4-7,11H,8-10H2,1-3H3. The molecule has 10 nitrogen and oxygen atoms in total. The molecular formula is C21H20N4O6. The second kappa shape index (κ2) is 7.71. The third-order valence-electron chi connectivity index (χ3n) is 5.24. The van der Waals surface area contributed by atoms with Crippen LogP contribution in [-0.4, -0.2) is 37.0 Å². The van der Waals surface area contributed by atoms with E-state index in [9.17, 15) is 19.2 Å². The Morgan fingerprint density at radius 1 is 1.13 bits per heavy atom. The summed E-state index contributed by atoms with van der Waals surface area (Å²) in [5.41, 5.74) is 0.755. The summed E-state index contributed by atoms with van der Waals surface area (Å²) >= 11 is 0. The lowest BCUT2D eigenvalue weighted by Gasteiger charge is -2.07. The minimum atomic E-state index is -0.606. The largest absolute Gasteiger partial charge is 0.457 e. The molecule has 10 heteroatoms. The van der Waals surface area contributed by atoms with Crippen molar-refractivity contribution in [2.75, 3.05) is 6.61 Å². The number of benzene rings is 1. The number of esters is 1. The summed E-state index contributed by atoms with van der Waals surface area (Å²) in [5.74, 6) is -0.872. The summed E-state index contributed by atoms with van der Waals surface area (Å²) < 4.78 is 14.4. The molecule has 3 aromatic heterocycles. The van der Waals surface area contributed by atoms with E-state index in [-0.39, 0.29) is 29.9 Å². The molecule has 1 aromatic carbocycles. The monoisotopic (exact) mass is 424 g/mol. The van der Waals surface area contributed by atoms with Gasteiger partial charge in [0.1, 0.15) is 5.58 Å². The summed E-state index contributed by atoms with van der Waals surface area (Å²) in [7, 11) is 2.89. The lowest BCUT2D eigenvalue weighted by molar-refractivity contribution is -0.142. The maximum absolute atomic E-state index is 12.4. The van der Waals surface area contributed by atoms with Gasteiger partial charge < -0.3 is 13.7 Å². The number of imidazole rings is 1. The third-order valence-corrected chi connectivity index (χ3v) is 5.24. The number of hydrogen-bond acceptors (Lipinski definition) is 7. The summed E-state index contributed by atoms with van der Waals surface area (Å²) in [4.78, 5) is 53.1. The van der Waals surface area contributed by atoms with Crippen molar-refractivity contribution in [3.05, 3.63) is 62.8 Å². The first-order chi connectivity index (χ1) is 14.8. The molecule has 0 radical (unpaired) electrons. The van der Waals surface area contributed by atoms with Gasteiger partial charge in [0.15, 0.2) is 23.5 Å². The van der Waals surface area contributed by atoms with Gasteiger partial charge in [0.25, 0.3) is 5.56 Å². The summed E-state index contributed by atoms with van der Waals surface area (Å²) in [6.07, 6.45) is 1.31. The van der Waals surface area contributed by atoms with Gasteiger partial charge in [-0.15, -0.1) is 0 Å². The summed E-state index contributed by atoms with van der Waals surface area (Å²) in [5, 5.41) is 0.833. The number of rotatable bonds is 6. The van der Waals surface area contributed by atoms with Crippen LogP contribution in [0.15, 0.2) is 44.6 Å². The second-order valence-corrected chi connectivity index (χ2v) is 7.20. The van der Waals surface area contributed by atoms with Gasteiger partial charge in [-0.3, -0.25) is 23.5 Å². The molecule has 0 aliphatic rings. The molecule has 160 valence electrons. The van der Waals surface area contributed by atoms with Crippen LogP contribution in [0.2, 0.25) is 0 Å². The third kappa shape index (κ3) is 3.45. The molecule has 4 rings (SSSR count). The van der Waals surface area contributed by atoms with Crippen LogP contribution in [0.4, 0.5) is 0 Å². The van der Waals surface area contributed by atoms with E-state index < -0.39 is 29.6 Å². The van der Waals surface area contributed by atoms with Crippen molar-refractivity contribution in [2.24, 2.45) is 14.1 Å². The predicted octanol–water partition coefficient (Wildman–Crippen LogP) is 1.30. The Morgan fingerprint density at radius 3 is 2.61 bits per heavy atom. The molecule has 0 saturated carbocycles. The van der Waals surface area contributed by atoms with Crippen LogP contribution >= 0.6 is 0 Å². The van der Waals surface area contributed by atoms with Crippen molar-refractivity contribution in [3.8, 4) is 0 Å². The number of carbonyl (C=O) groups excluding carboxylic acids is 2. The number of furan rings is 1. The molecule has 0 unspecified atom stereocenters. The van der Waals surface area contributed by atoms with Crippen LogP contribution in [0.1, 0.15) is 22.5 Å². The molecule has 0 fully saturated rings. The number of aromatic nitrogens is 4. The maximum atomic E-state index is 12.4. The second-order valence-electron chi connectivity index (χ2n) is 7.20. The first-order valence-electron chi connectivity index (χ1n) is 9.57. The topological polar surface area (TPSA) is 118 Å². The number of hydrogen-bond donors (Lipinski definition) is 0. The van der Waals surface area contributed by atoms with Gasteiger partial charge in [-0.1, -0.05) is 18.2 Å². The Labute approximate surface area is 175 Å². The van der Waals surface area contributed by atoms with Gasteiger partial charge in [-0.2, -0.15) is 0 Å². The van der Waals surface area contributed by atoms with Gasteiger partial charge >= 0.3 is 11.7 Å². The maximum Gasteiger partial charge on any atom is 0.332 e. The fourth-order valence-electron chi connectivity index (χ4n) is 3.50. The average Bonchev–Trinajstić information content (AvgIpc) is 3.35. The van der Waals surface area contributed by atoms with E-state index in [1.807, 2.05) is 18.2 Å². The molecule has 31 heavy (non-hydrogen) atoms. The van der Waals surface area contributed by atoms with E-state index in [1.54, 1.807) is 13.0 Å². The highest BCUT2D eigenvalue weighted by Crippen LogP contribution is 2.25. The summed E-state index contributed by atoms with van der Waals surface area (Å²) in [6, 6.07) is 7.28. The molecule has 0 amide bonds. The SMILES string of the molecule is Cc1c(C(=O)COC(=O)CCn2cnc3c2c(=O)n(C)c(=O)n3C)oc2ccccc12. The van der Waals surface area contributed by atoms with Gasteiger partial charge in [0, 0.05) is 31.6 Å². The Bertz CT molecular complexity index is 1450. The smallest absolute Gasteiger partial charge is 0.332 e. The van der Waals surface area contributed by atoms with Crippen molar-refractivity contribution in [2.45, 2.75) is 19.9 Å². The molecular weight excluding hydrogens is 404 g/mol. The van der Waals surface area contributed by atoms with Gasteiger partial charge in [-0.05, 0) is 13.0 Å². The molecule has 0 atom stereocenters.